The summed E-state index contributed by atoms with van der Waals surface area (Å²) in [6, 6.07) is 3.19. The van der Waals surface area contributed by atoms with Crippen molar-refractivity contribution in [3.05, 3.63) is 27.7 Å². The van der Waals surface area contributed by atoms with Crippen LogP contribution in [0.5, 0.6) is 0 Å². The van der Waals surface area contributed by atoms with Gasteiger partial charge in [0.15, 0.2) is 0 Å². The normalized spacial score (nSPS) is 13.7. The van der Waals surface area contributed by atoms with Gasteiger partial charge >= 0.3 is 0 Å². The minimum Gasteiger partial charge on any atom is -0.383 e. The molecule has 1 unspecified atom stereocenters. The zero-order valence-corrected chi connectivity index (χ0v) is 15.2. The molecule has 7 heteroatoms. The molecule has 0 heterocycles. The lowest BCUT2D eigenvalue weighted by atomic mass is 10.1. The maximum Gasteiger partial charge on any atom is 0.242 e. The second-order valence-electron chi connectivity index (χ2n) is 5.36. The van der Waals surface area contributed by atoms with E-state index < -0.39 is 10.0 Å². The predicted molar refractivity (Wildman–Crippen MR) is 87.6 cm³/mol. The van der Waals surface area contributed by atoms with Gasteiger partial charge in [-0.3, -0.25) is 0 Å². The molecule has 0 aliphatic rings. The van der Waals surface area contributed by atoms with Gasteiger partial charge in [-0.25, -0.2) is 13.1 Å². The first-order valence-corrected chi connectivity index (χ1v) is 9.01. The van der Waals surface area contributed by atoms with E-state index in [1.807, 2.05) is 26.8 Å². The van der Waals surface area contributed by atoms with Crippen LogP contribution in [-0.4, -0.2) is 28.2 Å². The molecule has 0 aliphatic carbocycles. The molecule has 0 saturated heterocycles. The molecular formula is C14H23BrN2O3S. The Kier molecular flexibility index (Phi) is 6.80. The first-order valence-electron chi connectivity index (χ1n) is 6.73. The van der Waals surface area contributed by atoms with E-state index in [-0.39, 0.29) is 16.9 Å². The Morgan fingerprint density at radius 3 is 2.48 bits per heavy atom. The maximum absolute atomic E-state index is 12.6. The topological polar surface area (TPSA) is 81.4 Å². The lowest BCUT2D eigenvalue weighted by Crippen LogP contribution is -2.41. The highest BCUT2D eigenvalue weighted by molar-refractivity contribution is 9.10. The van der Waals surface area contributed by atoms with Gasteiger partial charge < -0.3 is 10.5 Å². The summed E-state index contributed by atoms with van der Waals surface area (Å²) < 4.78 is 33.6. The first-order chi connectivity index (χ1) is 9.72. The second kappa shape index (κ2) is 7.69. The van der Waals surface area contributed by atoms with E-state index in [1.54, 1.807) is 13.2 Å². The van der Waals surface area contributed by atoms with Crippen LogP contribution in [0.25, 0.3) is 0 Å². The lowest BCUT2D eigenvalue weighted by molar-refractivity contribution is 0.157. The fourth-order valence-corrected chi connectivity index (χ4v) is 4.36. The summed E-state index contributed by atoms with van der Waals surface area (Å²) in [5.74, 6) is 0.122. The Hall–Kier alpha value is -0.470. The van der Waals surface area contributed by atoms with Gasteiger partial charge in [-0.1, -0.05) is 19.9 Å². The molecule has 1 aromatic rings. The lowest BCUT2D eigenvalue weighted by Gasteiger charge is -2.22. The molecule has 21 heavy (non-hydrogen) atoms. The second-order valence-corrected chi connectivity index (χ2v) is 7.83. The quantitative estimate of drug-likeness (QED) is 0.761. The highest BCUT2D eigenvalue weighted by atomic mass is 79.9. The van der Waals surface area contributed by atoms with Crippen LogP contribution in [0.1, 0.15) is 25.0 Å². The Morgan fingerprint density at radius 1 is 1.38 bits per heavy atom. The van der Waals surface area contributed by atoms with Crippen molar-refractivity contribution in [2.45, 2.75) is 38.3 Å². The number of methoxy groups -OCH3 is 1. The molecule has 5 nitrogen and oxygen atoms in total. The van der Waals surface area contributed by atoms with Crippen LogP contribution in [-0.2, 0) is 21.3 Å². The zero-order chi connectivity index (χ0) is 16.2. The van der Waals surface area contributed by atoms with Crippen molar-refractivity contribution in [2.24, 2.45) is 11.7 Å². The molecule has 3 N–H and O–H groups in total. The average molecular weight is 379 g/mol. The molecular weight excluding hydrogens is 356 g/mol. The molecule has 0 fully saturated rings. The van der Waals surface area contributed by atoms with Crippen LogP contribution in [0.3, 0.4) is 0 Å². The number of ether oxygens (including phenoxy) is 1. The highest BCUT2D eigenvalue weighted by Gasteiger charge is 2.25. The largest absolute Gasteiger partial charge is 0.383 e. The maximum atomic E-state index is 12.6. The summed E-state index contributed by atoms with van der Waals surface area (Å²) in [6.07, 6.45) is 0. The Balaban J connectivity index is 3.21. The van der Waals surface area contributed by atoms with E-state index in [1.165, 1.54) is 0 Å². The van der Waals surface area contributed by atoms with Gasteiger partial charge in [0.2, 0.25) is 10.0 Å². The number of halogens is 1. The number of nitrogens with one attached hydrogen (secondary N) is 1. The van der Waals surface area contributed by atoms with Gasteiger partial charge in [0.05, 0.1) is 11.5 Å². The number of hydrogen-bond acceptors (Lipinski definition) is 4. The van der Waals surface area contributed by atoms with Crippen LogP contribution < -0.4 is 10.5 Å². The molecule has 0 amide bonds. The minimum absolute atomic E-state index is 0.122. The van der Waals surface area contributed by atoms with Crippen LogP contribution in [0.15, 0.2) is 21.5 Å². The van der Waals surface area contributed by atoms with Crippen LogP contribution in [0, 0.1) is 12.8 Å². The van der Waals surface area contributed by atoms with E-state index >= 15 is 0 Å². The predicted octanol–water partition coefficient (Wildman–Crippen LogP) is 2.17. The van der Waals surface area contributed by atoms with Crippen molar-refractivity contribution in [2.75, 3.05) is 13.7 Å². The van der Waals surface area contributed by atoms with Crippen molar-refractivity contribution < 1.29 is 13.2 Å². The highest BCUT2D eigenvalue weighted by Crippen LogP contribution is 2.27. The van der Waals surface area contributed by atoms with E-state index in [9.17, 15) is 8.42 Å². The van der Waals surface area contributed by atoms with Crippen molar-refractivity contribution in [1.82, 2.24) is 4.72 Å². The zero-order valence-electron chi connectivity index (χ0n) is 12.8. The van der Waals surface area contributed by atoms with Crippen molar-refractivity contribution >= 4 is 26.0 Å². The number of nitrogens with two attached hydrogens (primary N) is 1. The van der Waals surface area contributed by atoms with E-state index in [0.29, 0.717) is 17.6 Å². The summed E-state index contributed by atoms with van der Waals surface area (Å²) in [5, 5.41) is 0. The fourth-order valence-electron chi connectivity index (χ4n) is 1.93. The van der Waals surface area contributed by atoms with Crippen molar-refractivity contribution in [3.63, 3.8) is 0 Å². The molecule has 0 spiro atoms. The number of rotatable bonds is 7. The molecule has 1 aromatic carbocycles. The van der Waals surface area contributed by atoms with Crippen LogP contribution in [0.4, 0.5) is 0 Å². The summed E-state index contributed by atoms with van der Waals surface area (Å²) in [7, 11) is -2.09. The third-order valence-corrected chi connectivity index (χ3v) is 6.09. The Bertz CT molecular complexity index is 588. The molecule has 0 aromatic heterocycles. The van der Waals surface area contributed by atoms with E-state index in [0.717, 1.165) is 11.1 Å². The summed E-state index contributed by atoms with van der Waals surface area (Å²) in [6.45, 7) is 6.36. The number of hydrogen-bond donors (Lipinski definition) is 2. The third kappa shape index (κ3) is 4.75. The summed E-state index contributed by atoms with van der Waals surface area (Å²) in [5.41, 5.74) is 7.25. The molecule has 120 valence electrons. The first kappa shape index (κ1) is 18.6. The van der Waals surface area contributed by atoms with E-state index in [4.69, 9.17) is 10.5 Å². The molecule has 0 saturated carbocycles. The SMILES string of the molecule is COCC(NS(=O)(=O)c1cc(CN)cc(C)c1Br)C(C)C. The number of aryl methyl sites for hydroxylation is 1. The van der Waals surface area contributed by atoms with Gasteiger partial charge in [0, 0.05) is 24.2 Å². The van der Waals surface area contributed by atoms with Crippen LogP contribution in [0.2, 0.25) is 0 Å². The third-order valence-electron chi connectivity index (χ3n) is 3.26. The number of sulfonamides is 1. The fraction of sp³-hybridized carbons (Fsp3) is 0.571. The molecule has 1 atom stereocenters. The van der Waals surface area contributed by atoms with Gasteiger partial charge in [0.25, 0.3) is 0 Å². The van der Waals surface area contributed by atoms with Crippen LogP contribution >= 0.6 is 15.9 Å². The molecule has 0 aliphatic heterocycles. The summed E-state index contributed by atoms with van der Waals surface area (Å²) >= 11 is 3.35. The Labute approximate surface area is 135 Å². The van der Waals surface area contributed by atoms with Gasteiger partial charge in [-0.15, -0.1) is 0 Å². The molecule has 0 radical (unpaired) electrons. The monoisotopic (exact) mass is 378 g/mol. The molecule has 0 bridgehead atoms. The van der Waals surface area contributed by atoms with Crippen molar-refractivity contribution in [3.8, 4) is 0 Å². The summed E-state index contributed by atoms with van der Waals surface area (Å²) in [4.78, 5) is 0.213. The van der Waals surface area contributed by atoms with Gasteiger partial charge in [-0.2, -0.15) is 0 Å². The standard InChI is InChI=1S/C14H23BrN2O3S/c1-9(2)12(8-20-4)17-21(18,19)13-6-11(7-16)5-10(3)14(13)15/h5-6,9,12,17H,7-8,16H2,1-4H3. The van der Waals surface area contributed by atoms with E-state index in [2.05, 4.69) is 20.7 Å². The molecule has 1 rings (SSSR count). The van der Waals surface area contributed by atoms with Crippen molar-refractivity contribution in [1.29, 1.82) is 0 Å². The van der Waals surface area contributed by atoms with Gasteiger partial charge in [0.1, 0.15) is 0 Å². The average Bonchev–Trinajstić information content (AvgIpc) is 2.40. The van der Waals surface area contributed by atoms with Gasteiger partial charge in [-0.05, 0) is 46.0 Å². The number of benzene rings is 1. The smallest absolute Gasteiger partial charge is 0.242 e. The minimum atomic E-state index is -3.64. The Morgan fingerprint density at radius 2 is 2.00 bits per heavy atom.